The van der Waals surface area contributed by atoms with Crippen molar-refractivity contribution in [3.05, 3.63) is 62.7 Å². The molecule has 150 valence electrons. The van der Waals surface area contributed by atoms with Crippen LogP contribution in [0, 0.1) is 3.57 Å². The normalized spacial score (nSPS) is 16.2. The molecule has 1 amide bonds. The molecule has 1 N–H and O–H groups in total. The zero-order valence-electron chi connectivity index (χ0n) is 15.4. The van der Waals surface area contributed by atoms with Crippen LogP contribution >= 0.6 is 22.6 Å². The molecule has 0 saturated carbocycles. The summed E-state index contributed by atoms with van der Waals surface area (Å²) in [5.74, 6) is -0.432. The smallest absolute Gasteiger partial charge is 0.322 e. The largest absolute Gasteiger partial charge is 0.416 e. The Morgan fingerprint density at radius 2 is 1.82 bits per heavy atom. The maximum absolute atomic E-state index is 13.6. The highest BCUT2D eigenvalue weighted by Gasteiger charge is 2.34. The summed E-state index contributed by atoms with van der Waals surface area (Å²) in [5.41, 5.74) is 0.0662. The molecule has 0 unspecified atom stereocenters. The SMILES string of the molecule is CN1CCN(Cc2ccc(NC(=O)c3cccc(I)c3)cc2C(F)(F)F)CC1. The molecule has 28 heavy (non-hydrogen) atoms. The van der Waals surface area contributed by atoms with E-state index >= 15 is 0 Å². The van der Waals surface area contributed by atoms with Crippen LogP contribution in [0.5, 0.6) is 0 Å². The maximum atomic E-state index is 13.6. The van der Waals surface area contributed by atoms with Crippen molar-refractivity contribution in [2.75, 3.05) is 38.5 Å². The van der Waals surface area contributed by atoms with E-state index < -0.39 is 17.6 Å². The molecule has 1 aliphatic heterocycles. The predicted octanol–water partition coefficient (Wildman–Crippen LogP) is 4.31. The van der Waals surface area contributed by atoms with Gasteiger partial charge in [-0.2, -0.15) is 13.2 Å². The topological polar surface area (TPSA) is 35.6 Å². The molecule has 8 heteroatoms. The molecule has 1 heterocycles. The molecule has 0 radical (unpaired) electrons. The first kappa shape index (κ1) is 21.1. The van der Waals surface area contributed by atoms with Gasteiger partial charge in [0.25, 0.3) is 5.91 Å². The Kier molecular flexibility index (Phi) is 6.61. The maximum Gasteiger partial charge on any atom is 0.416 e. The minimum atomic E-state index is -4.48. The van der Waals surface area contributed by atoms with Crippen molar-refractivity contribution in [1.29, 1.82) is 0 Å². The number of carbonyl (C=O) groups is 1. The lowest BCUT2D eigenvalue weighted by Crippen LogP contribution is -2.44. The first-order valence-corrected chi connectivity index (χ1v) is 9.98. The lowest BCUT2D eigenvalue weighted by molar-refractivity contribution is -0.138. The van der Waals surface area contributed by atoms with Crippen molar-refractivity contribution in [2.24, 2.45) is 0 Å². The highest BCUT2D eigenvalue weighted by molar-refractivity contribution is 14.1. The fourth-order valence-corrected chi connectivity index (χ4v) is 3.68. The third-order valence-corrected chi connectivity index (χ3v) is 5.42. The number of amides is 1. The molecule has 2 aromatic rings. The summed E-state index contributed by atoms with van der Waals surface area (Å²) in [4.78, 5) is 16.5. The third kappa shape index (κ3) is 5.45. The second-order valence-electron chi connectivity index (χ2n) is 6.91. The van der Waals surface area contributed by atoms with E-state index in [0.717, 1.165) is 35.8 Å². The van der Waals surface area contributed by atoms with Gasteiger partial charge in [0, 0.05) is 47.5 Å². The minimum Gasteiger partial charge on any atom is -0.322 e. The summed E-state index contributed by atoms with van der Waals surface area (Å²) in [6, 6.07) is 10.9. The fraction of sp³-hybridized carbons (Fsp3) is 0.350. The monoisotopic (exact) mass is 503 g/mol. The fourth-order valence-electron chi connectivity index (χ4n) is 3.14. The summed E-state index contributed by atoms with van der Waals surface area (Å²) in [5, 5.41) is 2.57. The molecule has 0 aliphatic carbocycles. The lowest BCUT2D eigenvalue weighted by atomic mass is 10.0. The van der Waals surface area contributed by atoms with Crippen molar-refractivity contribution >= 4 is 34.2 Å². The van der Waals surface area contributed by atoms with Gasteiger partial charge in [-0.25, -0.2) is 0 Å². The number of carbonyl (C=O) groups excluding carboxylic acids is 1. The average molecular weight is 503 g/mol. The molecule has 1 saturated heterocycles. The zero-order valence-corrected chi connectivity index (χ0v) is 17.5. The molecule has 4 nitrogen and oxygen atoms in total. The van der Waals surface area contributed by atoms with Gasteiger partial charge in [-0.05, 0) is 65.5 Å². The Balaban J connectivity index is 1.79. The number of likely N-dealkylation sites (N-methyl/N-ethyl adjacent to an activating group) is 1. The Labute approximate surface area is 175 Å². The quantitative estimate of drug-likeness (QED) is 0.632. The van der Waals surface area contributed by atoms with Crippen molar-refractivity contribution in [3.63, 3.8) is 0 Å². The molecule has 0 atom stereocenters. The minimum absolute atomic E-state index is 0.137. The van der Waals surface area contributed by atoms with E-state index in [0.29, 0.717) is 5.56 Å². The van der Waals surface area contributed by atoms with Gasteiger partial charge in [-0.15, -0.1) is 0 Å². The van der Waals surface area contributed by atoms with Gasteiger partial charge in [0.05, 0.1) is 5.56 Å². The molecule has 2 aromatic carbocycles. The van der Waals surface area contributed by atoms with Gasteiger partial charge in [-0.1, -0.05) is 12.1 Å². The van der Waals surface area contributed by atoms with E-state index in [-0.39, 0.29) is 17.8 Å². The van der Waals surface area contributed by atoms with Gasteiger partial charge in [0.1, 0.15) is 0 Å². The predicted molar refractivity (Wildman–Crippen MR) is 111 cm³/mol. The number of nitrogens with one attached hydrogen (secondary N) is 1. The molecular formula is C20H21F3IN3O. The van der Waals surface area contributed by atoms with Crippen LogP contribution in [0.3, 0.4) is 0 Å². The van der Waals surface area contributed by atoms with E-state index in [2.05, 4.69) is 32.8 Å². The Morgan fingerprint density at radius 1 is 1.11 bits per heavy atom. The van der Waals surface area contributed by atoms with Crippen LogP contribution in [0.15, 0.2) is 42.5 Å². The summed E-state index contributed by atoms with van der Waals surface area (Å²) in [6.07, 6.45) is -4.48. The molecule has 1 fully saturated rings. The van der Waals surface area contributed by atoms with E-state index in [1.165, 1.54) is 12.1 Å². The number of alkyl halides is 3. The number of rotatable bonds is 4. The summed E-state index contributed by atoms with van der Waals surface area (Å²) < 4.78 is 41.7. The van der Waals surface area contributed by atoms with Gasteiger partial charge >= 0.3 is 6.18 Å². The highest BCUT2D eigenvalue weighted by atomic mass is 127. The first-order valence-electron chi connectivity index (χ1n) is 8.90. The van der Waals surface area contributed by atoms with E-state index in [1.807, 2.05) is 18.0 Å². The van der Waals surface area contributed by atoms with Gasteiger partial charge in [0.2, 0.25) is 0 Å². The van der Waals surface area contributed by atoms with Gasteiger partial charge in [-0.3, -0.25) is 9.69 Å². The Bertz CT molecular complexity index is 849. The van der Waals surface area contributed by atoms with Crippen LogP contribution in [0.1, 0.15) is 21.5 Å². The highest BCUT2D eigenvalue weighted by Crippen LogP contribution is 2.34. The lowest BCUT2D eigenvalue weighted by Gasteiger charge is -2.33. The van der Waals surface area contributed by atoms with Crippen molar-refractivity contribution in [1.82, 2.24) is 9.80 Å². The number of hydrogen-bond acceptors (Lipinski definition) is 3. The average Bonchev–Trinajstić information content (AvgIpc) is 2.64. The molecule has 3 rings (SSSR count). The number of piperazine rings is 1. The van der Waals surface area contributed by atoms with Crippen molar-refractivity contribution in [2.45, 2.75) is 12.7 Å². The number of halogens is 4. The van der Waals surface area contributed by atoms with Crippen LogP contribution in [-0.2, 0) is 12.7 Å². The van der Waals surface area contributed by atoms with E-state index in [1.54, 1.807) is 18.2 Å². The molecule has 1 aliphatic rings. The van der Waals surface area contributed by atoms with E-state index in [4.69, 9.17) is 0 Å². The van der Waals surface area contributed by atoms with Crippen molar-refractivity contribution in [3.8, 4) is 0 Å². The van der Waals surface area contributed by atoms with Crippen molar-refractivity contribution < 1.29 is 18.0 Å². The number of hydrogen-bond donors (Lipinski definition) is 1. The van der Waals surface area contributed by atoms with Gasteiger partial charge < -0.3 is 10.2 Å². The number of benzene rings is 2. The van der Waals surface area contributed by atoms with Crippen LogP contribution < -0.4 is 5.32 Å². The Morgan fingerprint density at radius 3 is 2.46 bits per heavy atom. The Hall–Kier alpha value is -1.65. The zero-order chi connectivity index (χ0) is 20.3. The summed E-state index contributed by atoms with van der Waals surface area (Å²) >= 11 is 2.08. The summed E-state index contributed by atoms with van der Waals surface area (Å²) in [6.45, 7) is 3.39. The number of anilines is 1. The number of nitrogens with zero attached hydrogens (tertiary/aromatic N) is 2. The molecule has 0 aromatic heterocycles. The molecule has 0 bridgehead atoms. The van der Waals surface area contributed by atoms with Gasteiger partial charge in [0.15, 0.2) is 0 Å². The molecule has 0 spiro atoms. The standard InChI is InChI=1S/C20H21F3IN3O/c1-26-7-9-27(10-8-26)13-15-5-6-17(12-18(15)20(21,22)23)25-19(28)14-3-2-4-16(24)11-14/h2-6,11-12H,7-10,13H2,1H3,(H,25,28). The van der Waals surface area contributed by atoms with E-state index in [9.17, 15) is 18.0 Å². The first-order chi connectivity index (χ1) is 13.2. The second-order valence-corrected chi connectivity index (χ2v) is 8.16. The third-order valence-electron chi connectivity index (χ3n) is 4.75. The summed E-state index contributed by atoms with van der Waals surface area (Å²) in [7, 11) is 2.00. The van der Waals surface area contributed by atoms with Crippen LogP contribution in [0.4, 0.5) is 18.9 Å². The van der Waals surface area contributed by atoms with Crippen LogP contribution in [0.25, 0.3) is 0 Å². The second kappa shape index (κ2) is 8.79. The molecular weight excluding hydrogens is 482 g/mol. The van der Waals surface area contributed by atoms with Crippen LogP contribution in [-0.4, -0.2) is 48.9 Å². The van der Waals surface area contributed by atoms with Crippen LogP contribution in [0.2, 0.25) is 0 Å².